The number of aryl methyl sites for hydroxylation is 1. The number of hydrogen-bond acceptors (Lipinski definition) is 2. The summed E-state index contributed by atoms with van der Waals surface area (Å²) in [5, 5.41) is 3.09. The van der Waals surface area contributed by atoms with Crippen LogP contribution in [0.5, 0.6) is 0 Å². The molecule has 0 heterocycles. The molecule has 3 rings (SSSR count). The highest BCUT2D eigenvalue weighted by Gasteiger charge is 2.23. The first kappa shape index (κ1) is 12.7. The normalized spacial score (nSPS) is 14.1. The first-order valence-electron chi connectivity index (χ1n) is 6.88. The van der Waals surface area contributed by atoms with E-state index in [1.807, 2.05) is 31.2 Å². The van der Waals surface area contributed by atoms with Crippen LogP contribution in [-0.4, -0.2) is 11.9 Å². The molecule has 0 unspecified atom stereocenters. The summed E-state index contributed by atoms with van der Waals surface area (Å²) in [5.74, 6) is -0.0796. The van der Waals surface area contributed by atoms with Crippen molar-refractivity contribution in [3.05, 3.63) is 64.7 Å². The minimum Gasteiger partial charge on any atom is -0.398 e. The van der Waals surface area contributed by atoms with Crippen LogP contribution in [0.3, 0.4) is 0 Å². The van der Waals surface area contributed by atoms with E-state index in [2.05, 4.69) is 17.4 Å². The number of rotatable bonds is 2. The van der Waals surface area contributed by atoms with E-state index in [4.69, 9.17) is 5.73 Å². The zero-order valence-electron chi connectivity index (χ0n) is 11.5. The fourth-order valence-electron chi connectivity index (χ4n) is 2.80. The highest BCUT2D eigenvalue weighted by molar-refractivity contribution is 5.99. The maximum Gasteiger partial charge on any atom is 0.253 e. The minimum atomic E-state index is -0.0796. The zero-order chi connectivity index (χ0) is 14.1. The number of hydrogen-bond donors (Lipinski definition) is 2. The standard InChI is InChI=1S/C17H18N2O/c1-11-5-4-8-15(16(11)18)17(20)19-14-9-12-6-2-3-7-13(12)10-14/h2-8,14H,9-10,18H2,1H3,(H,19,20). The van der Waals surface area contributed by atoms with E-state index in [1.165, 1.54) is 11.1 Å². The number of benzene rings is 2. The molecule has 0 saturated carbocycles. The van der Waals surface area contributed by atoms with E-state index in [1.54, 1.807) is 6.07 Å². The molecule has 3 N–H and O–H groups in total. The number of carbonyl (C=O) groups is 1. The van der Waals surface area contributed by atoms with Crippen molar-refractivity contribution < 1.29 is 4.79 Å². The van der Waals surface area contributed by atoms with Gasteiger partial charge in [0.2, 0.25) is 0 Å². The molecule has 0 bridgehead atoms. The molecule has 0 atom stereocenters. The Kier molecular flexibility index (Phi) is 3.18. The van der Waals surface area contributed by atoms with Gasteiger partial charge in [-0.05, 0) is 42.5 Å². The highest BCUT2D eigenvalue weighted by Crippen LogP contribution is 2.23. The first-order chi connectivity index (χ1) is 9.65. The molecule has 2 aromatic rings. The summed E-state index contributed by atoms with van der Waals surface area (Å²) in [5.41, 5.74) is 10.7. The fourth-order valence-corrected chi connectivity index (χ4v) is 2.80. The Hall–Kier alpha value is -2.29. The van der Waals surface area contributed by atoms with Crippen LogP contribution in [0, 0.1) is 6.92 Å². The molecule has 2 aromatic carbocycles. The first-order valence-corrected chi connectivity index (χ1v) is 6.88. The van der Waals surface area contributed by atoms with Crippen molar-refractivity contribution in [2.24, 2.45) is 0 Å². The number of nitrogens with two attached hydrogens (primary N) is 1. The summed E-state index contributed by atoms with van der Waals surface area (Å²) in [7, 11) is 0. The molecule has 0 radical (unpaired) electrons. The quantitative estimate of drug-likeness (QED) is 0.820. The van der Waals surface area contributed by atoms with Crippen LogP contribution in [0.1, 0.15) is 27.0 Å². The summed E-state index contributed by atoms with van der Waals surface area (Å²) < 4.78 is 0. The zero-order valence-corrected chi connectivity index (χ0v) is 11.5. The van der Waals surface area contributed by atoms with Gasteiger partial charge in [-0.25, -0.2) is 0 Å². The van der Waals surface area contributed by atoms with E-state index in [0.29, 0.717) is 11.3 Å². The molecular formula is C17H18N2O. The lowest BCUT2D eigenvalue weighted by molar-refractivity contribution is 0.0939. The van der Waals surface area contributed by atoms with Crippen LogP contribution in [0.2, 0.25) is 0 Å². The monoisotopic (exact) mass is 266 g/mol. The van der Waals surface area contributed by atoms with E-state index in [9.17, 15) is 4.79 Å². The second-order valence-electron chi connectivity index (χ2n) is 5.38. The smallest absolute Gasteiger partial charge is 0.253 e. The van der Waals surface area contributed by atoms with Gasteiger partial charge in [-0.1, -0.05) is 36.4 Å². The van der Waals surface area contributed by atoms with Gasteiger partial charge >= 0.3 is 0 Å². The summed E-state index contributed by atoms with van der Waals surface area (Å²) in [6.07, 6.45) is 1.79. The van der Waals surface area contributed by atoms with Crippen LogP contribution in [-0.2, 0) is 12.8 Å². The van der Waals surface area contributed by atoms with E-state index >= 15 is 0 Å². The van der Waals surface area contributed by atoms with Crippen LogP contribution < -0.4 is 11.1 Å². The van der Waals surface area contributed by atoms with Gasteiger partial charge in [0.15, 0.2) is 0 Å². The van der Waals surface area contributed by atoms with Gasteiger partial charge in [0.1, 0.15) is 0 Å². The Bertz CT molecular complexity index is 639. The molecule has 0 aromatic heterocycles. The molecule has 1 aliphatic rings. The number of nitrogens with one attached hydrogen (secondary N) is 1. The molecule has 3 nitrogen and oxygen atoms in total. The minimum absolute atomic E-state index is 0.0796. The average Bonchev–Trinajstić information content (AvgIpc) is 2.83. The van der Waals surface area contributed by atoms with Crippen LogP contribution in [0.15, 0.2) is 42.5 Å². The van der Waals surface area contributed by atoms with Gasteiger partial charge < -0.3 is 11.1 Å². The molecule has 0 spiro atoms. The fraction of sp³-hybridized carbons (Fsp3) is 0.235. The van der Waals surface area contributed by atoms with Crippen molar-refractivity contribution in [3.8, 4) is 0 Å². The second kappa shape index (κ2) is 5.00. The van der Waals surface area contributed by atoms with E-state index in [0.717, 1.165) is 18.4 Å². The van der Waals surface area contributed by atoms with Crippen LogP contribution in [0.4, 0.5) is 5.69 Å². The molecule has 102 valence electrons. The molecular weight excluding hydrogens is 248 g/mol. The predicted molar refractivity (Wildman–Crippen MR) is 80.7 cm³/mol. The van der Waals surface area contributed by atoms with Gasteiger partial charge in [0, 0.05) is 11.7 Å². The molecule has 0 saturated heterocycles. The molecule has 20 heavy (non-hydrogen) atoms. The molecule has 0 aliphatic heterocycles. The van der Waals surface area contributed by atoms with Crippen molar-refractivity contribution >= 4 is 11.6 Å². The Balaban J connectivity index is 1.74. The van der Waals surface area contributed by atoms with Crippen LogP contribution in [0.25, 0.3) is 0 Å². The van der Waals surface area contributed by atoms with Crippen molar-refractivity contribution in [2.75, 3.05) is 5.73 Å². The highest BCUT2D eigenvalue weighted by atomic mass is 16.1. The van der Waals surface area contributed by atoms with Gasteiger partial charge in [0.25, 0.3) is 5.91 Å². The third-order valence-corrected chi connectivity index (χ3v) is 3.95. The second-order valence-corrected chi connectivity index (χ2v) is 5.38. The van der Waals surface area contributed by atoms with E-state index < -0.39 is 0 Å². The Morgan fingerprint density at radius 1 is 1.10 bits per heavy atom. The van der Waals surface area contributed by atoms with Gasteiger partial charge in [-0.15, -0.1) is 0 Å². The summed E-state index contributed by atoms with van der Waals surface area (Å²) in [6.45, 7) is 1.91. The Morgan fingerprint density at radius 2 is 1.75 bits per heavy atom. The number of amides is 1. The molecule has 3 heteroatoms. The summed E-state index contributed by atoms with van der Waals surface area (Å²) in [4.78, 5) is 12.3. The predicted octanol–water partition coefficient (Wildman–Crippen LogP) is 2.47. The molecule has 0 fully saturated rings. The maximum absolute atomic E-state index is 12.3. The lowest BCUT2D eigenvalue weighted by Gasteiger charge is -2.14. The lowest BCUT2D eigenvalue weighted by atomic mass is 10.1. The van der Waals surface area contributed by atoms with Gasteiger partial charge in [-0.2, -0.15) is 0 Å². The number of nitrogen functional groups attached to an aromatic ring is 1. The van der Waals surface area contributed by atoms with Crippen molar-refractivity contribution in [1.29, 1.82) is 0 Å². The van der Waals surface area contributed by atoms with Crippen molar-refractivity contribution in [3.63, 3.8) is 0 Å². The molecule has 1 aliphatic carbocycles. The van der Waals surface area contributed by atoms with E-state index in [-0.39, 0.29) is 11.9 Å². The third-order valence-electron chi connectivity index (χ3n) is 3.95. The van der Waals surface area contributed by atoms with Crippen LogP contribution >= 0.6 is 0 Å². The lowest BCUT2D eigenvalue weighted by Crippen LogP contribution is -2.35. The van der Waals surface area contributed by atoms with Gasteiger partial charge in [-0.3, -0.25) is 4.79 Å². The number of para-hydroxylation sites is 1. The topological polar surface area (TPSA) is 55.1 Å². The summed E-state index contributed by atoms with van der Waals surface area (Å²) >= 11 is 0. The largest absolute Gasteiger partial charge is 0.398 e. The molecule has 1 amide bonds. The number of fused-ring (bicyclic) bond motifs is 1. The number of anilines is 1. The maximum atomic E-state index is 12.3. The summed E-state index contributed by atoms with van der Waals surface area (Å²) in [6, 6.07) is 14.1. The Morgan fingerprint density at radius 3 is 2.40 bits per heavy atom. The SMILES string of the molecule is Cc1cccc(C(=O)NC2Cc3ccccc3C2)c1N. The average molecular weight is 266 g/mol. The third kappa shape index (κ3) is 2.27. The Labute approximate surface area is 118 Å². The van der Waals surface area contributed by atoms with Crippen molar-refractivity contribution in [1.82, 2.24) is 5.32 Å². The number of carbonyl (C=O) groups excluding carboxylic acids is 1. The van der Waals surface area contributed by atoms with Crippen molar-refractivity contribution in [2.45, 2.75) is 25.8 Å². The van der Waals surface area contributed by atoms with Gasteiger partial charge in [0.05, 0.1) is 5.56 Å².